The number of aromatic nitrogens is 2. The first-order valence-corrected chi connectivity index (χ1v) is 6.38. The molecule has 0 radical (unpaired) electrons. The molecule has 1 heterocycles. The quantitative estimate of drug-likeness (QED) is 0.903. The molecule has 0 fully saturated rings. The Balaban J connectivity index is 2.16. The predicted octanol–water partition coefficient (Wildman–Crippen LogP) is 3.37. The minimum absolute atomic E-state index is 0.301. The number of phenolic OH excluding ortho intramolecular Hbond substituents is 1. The van der Waals surface area contributed by atoms with Crippen LogP contribution in [0, 0.1) is 20.8 Å². The normalized spacial score (nSPS) is 10.5. The van der Waals surface area contributed by atoms with Crippen molar-refractivity contribution in [3.63, 3.8) is 0 Å². The number of anilines is 1. The van der Waals surface area contributed by atoms with Crippen LogP contribution in [0.25, 0.3) is 0 Å². The first-order chi connectivity index (χ1) is 8.97. The third kappa shape index (κ3) is 3.15. The number of nitrogens with zero attached hydrogens (tertiary/aromatic N) is 2. The van der Waals surface area contributed by atoms with Crippen molar-refractivity contribution in [2.24, 2.45) is 0 Å². The van der Waals surface area contributed by atoms with Gasteiger partial charge in [0.1, 0.15) is 22.4 Å². The Morgan fingerprint density at radius 1 is 1.21 bits per heavy atom. The SMILES string of the molecule is Cc1nc(C)c(Cl)c(NCc2ccc(O)c(C)c2)n1. The molecular formula is C14H16ClN3O. The lowest BCUT2D eigenvalue weighted by Gasteiger charge is -2.10. The summed E-state index contributed by atoms with van der Waals surface area (Å²) in [7, 11) is 0. The average Bonchev–Trinajstić information content (AvgIpc) is 2.36. The van der Waals surface area contributed by atoms with E-state index in [1.165, 1.54) is 0 Å². The minimum Gasteiger partial charge on any atom is -0.508 e. The molecule has 19 heavy (non-hydrogen) atoms. The summed E-state index contributed by atoms with van der Waals surface area (Å²) in [5.74, 6) is 1.62. The van der Waals surface area contributed by atoms with E-state index in [0.29, 0.717) is 29.0 Å². The summed E-state index contributed by atoms with van der Waals surface area (Å²) in [5.41, 5.74) is 2.67. The van der Waals surface area contributed by atoms with Crippen LogP contribution in [0.2, 0.25) is 5.02 Å². The van der Waals surface area contributed by atoms with Gasteiger partial charge in [0.2, 0.25) is 0 Å². The third-order valence-electron chi connectivity index (χ3n) is 2.85. The monoisotopic (exact) mass is 277 g/mol. The highest BCUT2D eigenvalue weighted by Crippen LogP contribution is 2.23. The molecule has 2 aromatic rings. The molecule has 1 aromatic carbocycles. The topological polar surface area (TPSA) is 58.0 Å². The molecule has 0 saturated heterocycles. The molecule has 0 spiro atoms. The number of rotatable bonds is 3. The first kappa shape index (κ1) is 13.6. The summed E-state index contributed by atoms with van der Waals surface area (Å²) < 4.78 is 0. The van der Waals surface area contributed by atoms with Gasteiger partial charge in [0.05, 0.1) is 5.69 Å². The highest BCUT2D eigenvalue weighted by Gasteiger charge is 2.07. The first-order valence-electron chi connectivity index (χ1n) is 6.00. The molecule has 0 saturated carbocycles. The van der Waals surface area contributed by atoms with Crippen LogP contribution >= 0.6 is 11.6 Å². The highest BCUT2D eigenvalue weighted by atomic mass is 35.5. The lowest BCUT2D eigenvalue weighted by Crippen LogP contribution is -2.05. The van der Waals surface area contributed by atoms with Crippen molar-refractivity contribution in [3.8, 4) is 5.75 Å². The van der Waals surface area contributed by atoms with E-state index >= 15 is 0 Å². The lowest BCUT2D eigenvalue weighted by molar-refractivity contribution is 0.471. The summed E-state index contributed by atoms with van der Waals surface area (Å²) in [6.07, 6.45) is 0. The van der Waals surface area contributed by atoms with Gasteiger partial charge >= 0.3 is 0 Å². The molecule has 0 unspecified atom stereocenters. The number of halogens is 1. The van der Waals surface area contributed by atoms with Crippen molar-refractivity contribution in [2.45, 2.75) is 27.3 Å². The fraction of sp³-hybridized carbons (Fsp3) is 0.286. The number of benzene rings is 1. The second kappa shape index (κ2) is 5.45. The van der Waals surface area contributed by atoms with Gasteiger partial charge < -0.3 is 10.4 Å². The van der Waals surface area contributed by atoms with E-state index in [9.17, 15) is 5.11 Å². The van der Waals surface area contributed by atoms with Crippen molar-refractivity contribution < 1.29 is 5.11 Å². The number of phenols is 1. The fourth-order valence-electron chi connectivity index (χ4n) is 1.83. The smallest absolute Gasteiger partial charge is 0.149 e. The Kier molecular flexibility index (Phi) is 3.90. The largest absolute Gasteiger partial charge is 0.508 e. The van der Waals surface area contributed by atoms with Gasteiger partial charge in [0.15, 0.2) is 0 Å². The average molecular weight is 278 g/mol. The van der Waals surface area contributed by atoms with E-state index in [1.54, 1.807) is 6.07 Å². The zero-order valence-corrected chi connectivity index (χ0v) is 11.9. The maximum absolute atomic E-state index is 9.48. The van der Waals surface area contributed by atoms with Gasteiger partial charge in [-0.15, -0.1) is 0 Å². The van der Waals surface area contributed by atoms with Gasteiger partial charge in [0, 0.05) is 6.54 Å². The number of hydrogen-bond acceptors (Lipinski definition) is 4. The highest BCUT2D eigenvalue weighted by molar-refractivity contribution is 6.33. The van der Waals surface area contributed by atoms with Crippen molar-refractivity contribution in [2.75, 3.05) is 5.32 Å². The van der Waals surface area contributed by atoms with Gasteiger partial charge in [0.25, 0.3) is 0 Å². The molecule has 0 bridgehead atoms. The zero-order chi connectivity index (χ0) is 14.0. The van der Waals surface area contributed by atoms with Crippen LogP contribution in [0.3, 0.4) is 0 Å². The summed E-state index contributed by atoms with van der Waals surface area (Å²) in [6.45, 7) is 6.15. The maximum Gasteiger partial charge on any atom is 0.149 e. The Morgan fingerprint density at radius 3 is 2.63 bits per heavy atom. The molecule has 1 aromatic heterocycles. The number of nitrogens with one attached hydrogen (secondary N) is 1. The zero-order valence-electron chi connectivity index (χ0n) is 11.2. The Labute approximate surface area is 117 Å². The second-order valence-electron chi connectivity index (χ2n) is 4.49. The van der Waals surface area contributed by atoms with Crippen LogP contribution in [-0.2, 0) is 6.54 Å². The summed E-state index contributed by atoms with van der Waals surface area (Å²) >= 11 is 6.16. The van der Waals surface area contributed by atoms with Crippen LogP contribution in [-0.4, -0.2) is 15.1 Å². The Bertz CT molecular complexity index is 614. The summed E-state index contributed by atoms with van der Waals surface area (Å²) in [6, 6.07) is 5.48. The van der Waals surface area contributed by atoms with E-state index in [2.05, 4.69) is 15.3 Å². The van der Waals surface area contributed by atoms with Gasteiger partial charge in [-0.05, 0) is 38.0 Å². The van der Waals surface area contributed by atoms with Gasteiger partial charge in [-0.25, -0.2) is 9.97 Å². The fourth-order valence-corrected chi connectivity index (χ4v) is 1.98. The van der Waals surface area contributed by atoms with E-state index < -0.39 is 0 Å². The van der Waals surface area contributed by atoms with Crippen molar-refractivity contribution in [1.82, 2.24) is 9.97 Å². The minimum atomic E-state index is 0.301. The van der Waals surface area contributed by atoms with Crippen LogP contribution in [0.4, 0.5) is 5.82 Å². The van der Waals surface area contributed by atoms with Crippen LogP contribution < -0.4 is 5.32 Å². The van der Waals surface area contributed by atoms with Crippen molar-refractivity contribution >= 4 is 17.4 Å². The molecule has 4 nitrogen and oxygen atoms in total. The molecule has 2 rings (SSSR count). The standard InChI is InChI=1S/C14H16ClN3O/c1-8-6-11(4-5-12(8)19)7-16-14-13(15)9(2)17-10(3)18-14/h4-6,19H,7H2,1-3H3,(H,16,17,18). The number of aromatic hydroxyl groups is 1. The van der Waals surface area contributed by atoms with E-state index in [4.69, 9.17) is 11.6 Å². The third-order valence-corrected chi connectivity index (χ3v) is 3.30. The van der Waals surface area contributed by atoms with Gasteiger partial charge in [-0.3, -0.25) is 0 Å². The van der Waals surface area contributed by atoms with Gasteiger partial charge in [-0.1, -0.05) is 23.7 Å². The number of aryl methyl sites for hydroxylation is 3. The molecule has 0 atom stereocenters. The Morgan fingerprint density at radius 2 is 1.95 bits per heavy atom. The van der Waals surface area contributed by atoms with Crippen LogP contribution in [0.1, 0.15) is 22.6 Å². The second-order valence-corrected chi connectivity index (χ2v) is 4.87. The summed E-state index contributed by atoms with van der Waals surface area (Å²) in [4.78, 5) is 8.48. The van der Waals surface area contributed by atoms with E-state index in [0.717, 1.165) is 16.8 Å². The van der Waals surface area contributed by atoms with E-state index in [-0.39, 0.29) is 0 Å². The molecule has 5 heteroatoms. The van der Waals surface area contributed by atoms with Crippen molar-refractivity contribution in [3.05, 3.63) is 45.9 Å². The molecular weight excluding hydrogens is 262 g/mol. The molecule has 100 valence electrons. The molecule has 2 N–H and O–H groups in total. The lowest BCUT2D eigenvalue weighted by atomic mass is 10.1. The van der Waals surface area contributed by atoms with Crippen LogP contribution in [0.5, 0.6) is 5.75 Å². The van der Waals surface area contributed by atoms with Crippen LogP contribution in [0.15, 0.2) is 18.2 Å². The number of hydrogen-bond donors (Lipinski definition) is 2. The molecule has 0 aliphatic rings. The van der Waals surface area contributed by atoms with Crippen molar-refractivity contribution in [1.29, 1.82) is 0 Å². The van der Waals surface area contributed by atoms with Gasteiger partial charge in [-0.2, -0.15) is 0 Å². The maximum atomic E-state index is 9.48. The molecule has 0 aliphatic heterocycles. The Hall–Kier alpha value is -1.81. The predicted molar refractivity (Wildman–Crippen MR) is 76.7 cm³/mol. The summed E-state index contributed by atoms with van der Waals surface area (Å²) in [5, 5.41) is 13.2. The molecule has 0 aliphatic carbocycles. The molecule has 0 amide bonds. The van der Waals surface area contributed by atoms with E-state index in [1.807, 2.05) is 32.9 Å².